The van der Waals surface area contributed by atoms with E-state index in [9.17, 15) is 0 Å². The van der Waals surface area contributed by atoms with Crippen LogP contribution in [0.1, 0.15) is 38.4 Å². The Morgan fingerprint density at radius 1 is 1.35 bits per heavy atom. The molecule has 6 heteroatoms. The zero-order valence-electron chi connectivity index (χ0n) is 14.0. The summed E-state index contributed by atoms with van der Waals surface area (Å²) in [6.45, 7) is 3.12. The maximum absolute atomic E-state index is 4.34. The molecule has 2 heterocycles. The molecule has 1 saturated carbocycles. The maximum atomic E-state index is 4.34. The van der Waals surface area contributed by atoms with Crippen LogP contribution in [0, 0.1) is 5.92 Å². The van der Waals surface area contributed by atoms with Gasteiger partial charge in [0.1, 0.15) is 5.82 Å². The van der Waals surface area contributed by atoms with Crippen molar-refractivity contribution in [3.63, 3.8) is 0 Å². The molecule has 1 aliphatic rings. The molecule has 0 bridgehead atoms. The van der Waals surface area contributed by atoms with Gasteiger partial charge in [-0.05, 0) is 30.9 Å². The van der Waals surface area contributed by atoms with Crippen molar-refractivity contribution in [1.29, 1.82) is 0 Å². The second kappa shape index (κ2) is 7.44. The van der Waals surface area contributed by atoms with Crippen LogP contribution in [0.3, 0.4) is 0 Å². The molecule has 2 N–H and O–H groups in total. The van der Waals surface area contributed by atoms with E-state index in [4.69, 9.17) is 0 Å². The zero-order valence-corrected chi connectivity index (χ0v) is 14.0. The van der Waals surface area contributed by atoms with E-state index in [1.165, 1.54) is 25.7 Å². The van der Waals surface area contributed by atoms with Gasteiger partial charge in [-0.25, -0.2) is 0 Å². The van der Waals surface area contributed by atoms with Gasteiger partial charge in [-0.3, -0.25) is 9.39 Å². The highest BCUT2D eigenvalue weighted by Crippen LogP contribution is 2.23. The third-order valence-electron chi connectivity index (χ3n) is 4.53. The SMILES string of the molecule is CN=C(NCCc1nnc2ccccn12)NC1CCCC(C)C1. The number of aliphatic imine (C=N–C) groups is 1. The van der Waals surface area contributed by atoms with Crippen molar-refractivity contribution in [2.45, 2.75) is 45.1 Å². The van der Waals surface area contributed by atoms with Crippen LogP contribution in [0.4, 0.5) is 0 Å². The molecule has 6 nitrogen and oxygen atoms in total. The Hall–Kier alpha value is -2.11. The highest BCUT2D eigenvalue weighted by atomic mass is 15.2. The quantitative estimate of drug-likeness (QED) is 0.669. The summed E-state index contributed by atoms with van der Waals surface area (Å²) in [5, 5.41) is 15.4. The molecule has 0 spiro atoms. The average molecular weight is 314 g/mol. The van der Waals surface area contributed by atoms with E-state index in [1.807, 2.05) is 35.8 Å². The van der Waals surface area contributed by atoms with Gasteiger partial charge in [0.2, 0.25) is 0 Å². The predicted octanol–water partition coefficient (Wildman–Crippen LogP) is 2.02. The van der Waals surface area contributed by atoms with Crippen LogP contribution in [0.2, 0.25) is 0 Å². The molecule has 0 radical (unpaired) electrons. The number of hydrogen-bond donors (Lipinski definition) is 2. The molecule has 2 aromatic heterocycles. The van der Waals surface area contributed by atoms with Crippen molar-refractivity contribution in [1.82, 2.24) is 25.2 Å². The van der Waals surface area contributed by atoms with Crippen molar-refractivity contribution < 1.29 is 0 Å². The van der Waals surface area contributed by atoms with Crippen LogP contribution < -0.4 is 10.6 Å². The summed E-state index contributed by atoms with van der Waals surface area (Å²) in [7, 11) is 1.83. The fourth-order valence-electron chi connectivity index (χ4n) is 3.31. The first kappa shape index (κ1) is 15.8. The standard InChI is InChI=1S/C17H26N6/c1-13-6-5-7-14(12-13)20-17(18-2)19-10-9-16-22-21-15-8-3-4-11-23(15)16/h3-4,8,11,13-14H,5-7,9-10,12H2,1-2H3,(H2,18,19,20). The van der Waals surface area contributed by atoms with E-state index in [-0.39, 0.29) is 0 Å². The van der Waals surface area contributed by atoms with Crippen LogP contribution in [0.25, 0.3) is 5.65 Å². The lowest BCUT2D eigenvalue weighted by Crippen LogP contribution is -2.45. The highest BCUT2D eigenvalue weighted by Gasteiger charge is 2.19. The van der Waals surface area contributed by atoms with Gasteiger partial charge in [0.25, 0.3) is 0 Å². The number of hydrogen-bond acceptors (Lipinski definition) is 3. The van der Waals surface area contributed by atoms with Gasteiger partial charge in [0.05, 0.1) is 0 Å². The monoisotopic (exact) mass is 314 g/mol. The van der Waals surface area contributed by atoms with Crippen molar-refractivity contribution in [3.8, 4) is 0 Å². The van der Waals surface area contributed by atoms with Gasteiger partial charge >= 0.3 is 0 Å². The Kier molecular flexibility index (Phi) is 5.10. The van der Waals surface area contributed by atoms with Crippen LogP contribution in [0.5, 0.6) is 0 Å². The van der Waals surface area contributed by atoms with Gasteiger partial charge < -0.3 is 10.6 Å². The molecule has 23 heavy (non-hydrogen) atoms. The van der Waals surface area contributed by atoms with Crippen LogP contribution in [-0.4, -0.2) is 40.2 Å². The molecular weight excluding hydrogens is 288 g/mol. The largest absolute Gasteiger partial charge is 0.356 e. The minimum atomic E-state index is 0.541. The molecule has 2 aromatic rings. The molecule has 0 aromatic carbocycles. The fourth-order valence-corrected chi connectivity index (χ4v) is 3.31. The lowest BCUT2D eigenvalue weighted by atomic mass is 9.87. The number of rotatable bonds is 4. The molecule has 124 valence electrons. The van der Waals surface area contributed by atoms with Gasteiger partial charge in [-0.2, -0.15) is 0 Å². The predicted molar refractivity (Wildman–Crippen MR) is 92.6 cm³/mol. The van der Waals surface area contributed by atoms with Gasteiger partial charge in [0.15, 0.2) is 11.6 Å². The normalized spacial score (nSPS) is 22.3. The first-order chi connectivity index (χ1) is 11.3. The van der Waals surface area contributed by atoms with Gasteiger partial charge in [-0.15, -0.1) is 10.2 Å². The number of fused-ring (bicyclic) bond motifs is 1. The Labute approximate surface area is 137 Å². The second-order valence-corrected chi connectivity index (χ2v) is 6.41. The van der Waals surface area contributed by atoms with Gasteiger partial charge in [0, 0.05) is 32.3 Å². The van der Waals surface area contributed by atoms with E-state index in [1.54, 1.807) is 0 Å². The summed E-state index contributed by atoms with van der Waals surface area (Å²) < 4.78 is 2.03. The highest BCUT2D eigenvalue weighted by molar-refractivity contribution is 5.79. The molecule has 3 rings (SSSR count). The van der Waals surface area contributed by atoms with Crippen LogP contribution >= 0.6 is 0 Å². The number of nitrogens with zero attached hydrogens (tertiary/aromatic N) is 4. The summed E-state index contributed by atoms with van der Waals surface area (Å²) in [5.74, 6) is 2.66. The molecule has 2 unspecified atom stereocenters. The Morgan fingerprint density at radius 3 is 3.09 bits per heavy atom. The smallest absolute Gasteiger partial charge is 0.191 e. The summed E-state index contributed by atoms with van der Waals surface area (Å²) in [5.41, 5.74) is 0.890. The molecule has 0 saturated heterocycles. The number of aromatic nitrogens is 3. The van der Waals surface area contributed by atoms with E-state index in [2.05, 4.69) is 32.7 Å². The first-order valence-electron chi connectivity index (χ1n) is 8.52. The molecule has 0 aliphatic heterocycles. The minimum Gasteiger partial charge on any atom is -0.356 e. The average Bonchev–Trinajstić information content (AvgIpc) is 2.97. The van der Waals surface area contributed by atoms with Crippen molar-refractivity contribution in [2.24, 2.45) is 10.9 Å². The summed E-state index contributed by atoms with van der Waals surface area (Å²) in [6.07, 6.45) is 7.94. The molecule has 1 aliphatic carbocycles. The number of pyridine rings is 1. The molecular formula is C17H26N6. The Balaban J connectivity index is 1.50. The van der Waals surface area contributed by atoms with E-state index >= 15 is 0 Å². The first-order valence-corrected chi connectivity index (χ1v) is 8.52. The molecule has 0 amide bonds. The summed E-state index contributed by atoms with van der Waals surface area (Å²) in [4.78, 5) is 4.34. The zero-order chi connectivity index (χ0) is 16.1. The van der Waals surface area contributed by atoms with E-state index in [0.29, 0.717) is 6.04 Å². The molecule has 1 fully saturated rings. The Bertz CT molecular complexity index is 662. The minimum absolute atomic E-state index is 0.541. The topological polar surface area (TPSA) is 66.6 Å². The number of guanidine groups is 1. The van der Waals surface area contributed by atoms with Gasteiger partial charge in [-0.1, -0.05) is 25.8 Å². The third-order valence-corrected chi connectivity index (χ3v) is 4.53. The van der Waals surface area contributed by atoms with E-state index < -0.39 is 0 Å². The second-order valence-electron chi connectivity index (χ2n) is 6.41. The lowest BCUT2D eigenvalue weighted by Gasteiger charge is -2.28. The summed E-state index contributed by atoms with van der Waals surface area (Å²) >= 11 is 0. The van der Waals surface area contributed by atoms with Crippen molar-refractivity contribution >= 4 is 11.6 Å². The Morgan fingerprint density at radius 2 is 2.26 bits per heavy atom. The maximum Gasteiger partial charge on any atom is 0.191 e. The third kappa shape index (κ3) is 4.00. The van der Waals surface area contributed by atoms with Crippen LogP contribution in [0.15, 0.2) is 29.4 Å². The summed E-state index contributed by atoms with van der Waals surface area (Å²) in [6, 6.07) is 6.48. The molecule has 2 atom stereocenters. The van der Waals surface area contributed by atoms with Crippen molar-refractivity contribution in [2.75, 3.05) is 13.6 Å². The van der Waals surface area contributed by atoms with E-state index in [0.717, 1.165) is 36.3 Å². The number of nitrogens with one attached hydrogen (secondary N) is 2. The lowest BCUT2D eigenvalue weighted by molar-refractivity contribution is 0.324. The van der Waals surface area contributed by atoms with Crippen molar-refractivity contribution in [3.05, 3.63) is 30.2 Å². The van der Waals surface area contributed by atoms with Crippen LogP contribution in [-0.2, 0) is 6.42 Å². The fraction of sp³-hybridized carbons (Fsp3) is 0.588.